The number of nitrogens with one attached hydrogen (secondary N) is 1. The highest BCUT2D eigenvalue weighted by Crippen LogP contribution is 2.54. The summed E-state index contributed by atoms with van der Waals surface area (Å²) < 4.78 is 0. The number of nitrogen functional groups attached to an aromatic ring is 1. The van der Waals surface area contributed by atoms with E-state index in [1.165, 1.54) is 18.4 Å². The highest BCUT2D eigenvalue weighted by atomic mass is 16.1. The van der Waals surface area contributed by atoms with Gasteiger partial charge in [0.15, 0.2) is 5.78 Å². The van der Waals surface area contributed by atoms with E-state index >= 15 is 0 Å². The predicted octanol–water partition coefficient (Wildman–Crippen LogP) is 3.30. The average Bonchev–Trinajstić information content (AvgIpc) is 3.17. The van der Waals surface area contributed by atoms with Gasteiger partial charge in [-0.2, -0.15) is 0 Å². The quantitative estimate of drug-likeness (QED) is 0.658. The summed E-state index contributed by atoms with van der Waals surface area (Å²) in [6.07, 6.45) is 4.35. The standard InChI is InChI=1S/C18H19N3O/c1-10-13(3-4-15(19)16(10)11(2)22)12-7-14-17(20-8-12)21-9-18(14)5-6-18/h3-4,7-8H,5-6,9,19H2,1-2H3,(H,20,21). The molecule has 4 nitrogen and oxygen atoms in total. The Bertz CT molecular complexity index is 806. The SMILES string of the molecule is CC(=O)c1c(N)ccc(-c2cnc3c(c2)C2(CC2)CN3)c1C. The lowest BCUT2D eigenvalue weighted by Gasteiger charge is -2.14. The highest BCUT2D eigenvalue weighted by molar-refractivity contribution is 6.02. The van der Waals surface area contributed by atoms with Crippen molar-refractivity contribution in [1.29, 1.82) is 0 Å². The number of hydrogen-bond acceptors (Lipinski definition) is 4. The van der Waals surface area contributed by atoms with Crippen LogP contribution in [0, 0.1) is 6.92 Å². The first-order valence-electron chi connectivity index (χ1n) is 7.67. The summed E-state index contributed by atoms with van der Waals surface area (Å²) in [5.74, 6) is 1.02. The summed E-state index contributed by atoms with van der Waals surface area (Å²) >= 11 is 0. The predicted molar refractivity (Wildman–Crippen MR) is 88.2 cm³/mol. The van der Waals surface area contributed by atoms with Crippen LogP contribution in [-0.4, -0.2) is 17.3 Å². The van der Waals surface area contributed by atoms with Crippen LogP contribution in [0.2, 0.25) is 0 Å². The summed E-state index contributed by atoms with van der Waals surface area (Å²) in [4.78, 5) is 16.4. The Labute approximate surface area is 129 Å². The van der Waals surface area contributed by atoms with Crippen LogP contribution in [0.1, 0.15) is 41.3 Å². The number of carbonyl (C=O) groups excluding carboxylic acids is 1. The Balaban J connectivity index is 1.87. The van der Waals surface area contributed by atoms with Crippen molar-refractivity contribution in [3.63, 3.8) is 0 Å². The number of pyridine rings is 1. The number of anilines is 2. The van der Waals surface area contributed by atoms with Crippen LogP contribution in [0.25, 0.3) is 11.1 Å². The molecular weight excluding hydrogens is 274 g/mol. The van der Waals surface area contributed by atoms with Crippen molar-refractivity contribution in [1.82, 2.24) is 4.98 Å². The molecule has 1 aromatic heterocycles. The normalized spacial score (nSPS) is 17.2. The molecule has 2 aromatic rings. The molecule has 112 valence electrons. The molecule has 3 N–H and O–H groups in total. The topological polar surface area (TPSA) is 68.0 Å². The molecule has 2 heterocycles. The molecule has 22 heavy (non-hydrogen) atoms. The molecule has 4 rings (SSSR count). The van der Waals surface area contributed by atoms with Gasteiger partial charge in [-0.1, -0.05) is 6.07 Å². The van der Waals surface area contributed by atoms with Gasteiger partial charge in [-0.05, 0) is 49.9 Å². The molecule has 4 heteroatoms. The maximum atomic E-state index is 11.9. The van der Waals surface area contributed by atoms with E-state index in [1.807, 2.05) is 25.3 Å². The molecule has 0 saturated heterocycles. The second kappa shape index (κ2) is 4.32. The first kappa shape index (κ1) is 13.3. The van der Waals surface area contributed by atoms with Gasteiger partial charge >= 0.3 is 0 Å². The minimum absolute atomic E-state index is 0.00583. The number of benzene rings is 1. The fourth-order valence-corrected chi connectivity index (χ4v) is 3.61. The first-order chi connectivity index (χ1) is 10.5. The van der Waals surface area contributed by atoms with E-state index in [9.17, 15) is 4.79 Å². The van der Waals surface area contributed by atoms with Gasteiger partial charge in [0.2, 0.25) is 0 Å². The van der Waals surface area contributed by atoms with Gasteiger partial charge < -0.3 is 11.1 Å². The van der Waals surface area contributed by atoms with E-state index in [-0.39, 0.29) is 5.78 Å². The van der Waals surface area contributed by atoms with Crippen molar-refractivity contribution in [2.75, 3.05) is 17.6 Å². The summed E-state index contributed by atoms with van der Waals surface area (Å²) in [6.45, 7) is 4.52. The van der Waals surface area contributed by atoms with Gasteiger partial charge in [0.1, 0.15) is 5.82 Å². The number of nitrogens with zero attached hydrogens (tertiary/aromatic N) is 1. The molecular formula is C18H19N3O. The van der Waals surface area contributed by atoms with Crippen molar-refractivity contribution >= 4 is 17.3 Å². The van der Waals surface area contributed by atoms with Crippen LogP contribution in [0.3, 0.4) is 0 Å². The number of carbonyl (C=O) groups is 1. The molecule has 1 spiro atoms. The minimum Gasteiger partial charge on any atom is -0.398 e. The third-order valence-electron chi connectivity index (χ3n) is 5.07. The molecule has 0 radical (unpaired) electrons. The average molecular weight is 293 g/mol. The maximum Gasteiger partial charge on any atom is 0.162 e. The molecule has 1 saturated carbocycles. The van der Waals surface area contributed by atoms with E-state index in [0.717, 1.165) is 29.1 Å². The second-order valence-corrected chi connectivity index (χ2v) is 6.51. The Hall–Kier alpha value is -2.36. The van der Waals surface area contributed by atoms with Crippen LogP contribution in [0.4, 0.5) is 11.5 Å². The molecule has 1 aliphatic carbocycles. The van der Waals surface area contributed by atoms with E-state index < -0.39 is 0 Å². The third kappa shape index (κ3) is 1.76. The zero-order chi connectivity index (χ0) is 15.5. The van der Waals surface area contributed by atoms with Crippen molar-refractivity contribution in [2.24, 2.45) is 0 Å². The molecule has 2 aliphatic rings. The summed E-state index contributed by atoms with van der Waals surface area (Å²) in [5.41, 5.74) is 11.8. The largest absolute Gasteiger partial charge is 0.398 e. The molecule has 0 amide bonds. The summed E-state index contributed by atoms with van der Waals surface area (Å²) in [7, 11) is 0. The first-order valence-corrected chi connectivity index (χ1v) is 7.67. The molecule has 0 unspecified atom stereocenters. The second-order valence-electron chi connectivity index (χ2n) is 6.51. The third-order valence-corrected chi connectivity index (χ3v) is 5.07. The lowest BCUT2D eigenvalue weighted by molar-refractivity contribution is 0.101. The number of aromatic nitrogens is 1. The van der Waals surface area contributed by atoms with Crippen LogP contribution >= 0.6 is 0 Å². The molecule has 1 fully saturated rings. The summed E-state index contributed by atoms with van der Waals surface area (Å²) in [6, 6.07) is 6.04. The monoisotopic (exact) mass is 293 g/mol. The summed E-state index contributed by atoms with van der Waals surface area (Å²) in [5, 5.41) is 3.40. The molecule has 0 atom stereocenters. The number of Topliss-reactive ketones (excluding diaryl/α,β-unsaturated/α-hetero) is 1. The van der Waals surface area contributed by atoms with Gasteiger partial charge in [-0.3, -0.25) is 4.79 Å². The van der Waals surface area contributed by atoms with Crippen molar-refractivity contribution in [2.45, 2.75) is 32.1 Å². The van der Waals surface area contributed by atoms with E-state index in [1.54, 1.807) is 6.92 Å². The Morgan fingerprint density at radius 1 is 1.36 bits per heavy atom. The Morgan fingerprint density at radius 3 is 2.82 bits per heavy atom. The molecule has 0 bridgehead atoms. The van der Waals surface area contributed by atoms with Crippen LogP contribution in [-0.2, 0) is 5.41 Å². The Kier molecular flexibility index (Phi) is 2.61. The Morgan fingerprint density at radius 2 is 2.14 bits per heavy atom. The zero-order valence-corrected chi connectivity index (χ0v) is 12.9. The highest BCUT2D eigenvalue weighted by Gasteiger charge is 2.49. The number of nitrogens with two attached hydrogens (primary N) is 1. The lowest BCUT2D eigenvalue weighted by atomic mass is 9.92. The van der Waals surface area contributed by atoms with Gasteiger partial charge in [0.25, 0.3) is 0 Å². The van der Waals surface area contributed by atoms with Crippen LogP contribution < -0.4 is 11.1 Å². The number of hydrogen-bond donors (Lipinski definition) is 2. The van der Waals surface area contributed by atoms with Crippen LogP contribution in [0.15, 0.2) is 24.4 Å². The van der Waals surface area contributed by atoms with Crippen molar-refractivity contribution < 1.29 is 4.79 Å². The van der Waals surface area contributed by atoms with Crippen molar-refractivity contribution in [3.8, 4) is 11.1 Å². The van der Waals surface area contributed by atoms with Gasteiger partial charge in [-0.25, -0.2) is 4.98 Å². The van der Waals surface area contributed by atoms with Gasteiger partial charge in [-0.15, -0.1) is 0 Å². The lowest BCUT2D eigenvalue weighted by Crippen LogP contribution is -2.08. The fraction of sp³-hybridized carbons (Fsp3) is 0.333. The number of rotatable bonds is 2. The fourth-order valence-electron chi connectivity index (χ4n) is 3.61. The zero-order valence-electron chi connectivity index (χ0n) is 12.9. The maximum absolute atomic E-state index is 11.9. The molecule has 1 aliphatic heterocycles. The van der Waals surface area contributed by atoms with E-state index in [2.05, 4.69) is 16.4 Å². The number of fused-ring (bicyclic) bond motifs is 2. The van der Waals surface area contributed by atoms with E-state index in [0.29, 0.717) is 16.7 Å². The van der Waals surface area contributed by atoms with E-state index in [4.69, 9.17) is 5.73 Å². The van der Waals surface area contributed by atoms with Crippen LogP contribution in [0.5, 0.6) is 0 Å². The van der Waals surface area contributed by atoms with Crippen molar-refractivity contribution in [3.05, 3.63) is 41.1 Å². The number of ketones is 1. The van der Waals surface area contributed by atoms with Gasteiger partial charge in [0, 0.05) is 40.5 Å². The minimum atomic E-state index is 0.00583. The smallest absolute Gasteiger partial charge is 0.162 e. The van der Waals surface area contributed by atoms with Gasteiger partial charge in [0.05, 0.1) is 0 Å². The molecule has 1 aromatic carbocycles.